The molecule has 0 amide bonds. The molecule has 5 nitrogen and oxygen atoms in total. The van der Waals surface area contributed by atoms with Gasteiger partial charge in [-0.2, -0.15) is 0 Å². The summed E-state index contributed by atoms with van der Waals surface area (Å²) >= 11 is 0. The van der Waals surface area contributed by atoms with Crippen molar-refractivity contribution in [2.24, 2.45) is 11.7 Å². The molecule has 5 heteroatoms. The zero-order valence-corrected chi connectivity index (χ0v) is 8.82. The Morgan fingerprint density at radius 1 is 1.80 bits per heavy atom. The minimum absolute atomic E-state index is 0.00889. The van der Waals surface area contributed by atoms with Crippen molar-refractivity contribution in [3.8, 4) is 0 Å². The predicted molar refractivity (Wildman–Crippen MR) is 51.9 cm³/mol. The number of esters is 1. The molecule has 2 N–H and O–H groups in total. The maximum absolute atomic E-state index is 11.7. The maximum Gasteiger partial charge on any atom is 0.334 e. The van der Waals surface area contributed by atoms with E-state index in [1.807, 2.05) is 6.92 Å². The standard InChI is InChI=1S/C10H14N2O3/c1-6-3-4-7-5-12-15-8(7)10(6,11)9(13)14-2/h5-6H,3-4,11H2,1-2H3. The van der Waals surface area contributed by atoms with Crippen LogP contribution < -0.4 is 5.73 Å². The van der Waals surface area contributed by atoms with Gasteiger partial charge in [-0.25, -0.2) is 4.79 Å². The summed E-state index contributed by atoms with van der Waals surface area (Å²) in [6.45, 7) is 1.92. The highest BCUT2D eigenvalue weighted by atomic mass is 16.5. The number of hydrogen-bond acceptors (Lipinski definition) is 5. The van der Waals surface area contributed by atoms with E-state index in [1.54, 1.807) is 6.20 Å². The first-order valence-electron chi connectivity index (χ1n) is 4.92. The molecule has 82 valence electrons. The van der Waals surface area contributed by atoms with Crippen LogP contribution in [0.2, 0.25) is 0 Å². The lowest BCUT2D eigenvalue weighted by atomic mass is 9.74. The van der Waals surface area contributed by atoms with Crippen molar-refractivity contribution < 1.29 is 14.1 Å². The molecular formula is C10H14N2O3. The van der Waals surface area contributed by atoms with Crippen LogP contribution in [0.5, 0.6) is 0 Å². The predicted octanol–water partition coefficient (Wildman–Crippen LogP) is 0.584. The highest BCUT2D eigenvalue weighted by Crippen LogP contribution is 2.38. The molecule has 0 radical (unpaired) electrons. The fourth-order valence-electron chi connectivity index (χ4n) is 2.07. The summed E-state index contributed by atoms with van der Waals surface area (Å²) in [4.78, 5) is 11.7. The van der Waals surface area contributed by atoms with Crippen molar-refractivity contribution in [2.45, 2.75) is 25.3 Å². The van der Waals surface area contributed by atoms with Gasteiger partial charge in [0.2, 0.25) is 0 Å². The van der Waals surface area contributed by atoms with Gasteiger partial charge < -0.3 is 15.0 Å². The molecule has 0 spiro atoms. The summed E-state index contributed by atoms with van der Waals surface area (Å²) in [6, 6.07) is 0. The van der Waals surface area contributed by atoms with Crippen LogP contribution in [0.3, 0.4) is 0 Å². The molecular weight excluding hydrogens is 196 g/mol. The fourth-order valence-corrected chi connectivity index (χ4v) is 2.07. The monoisotopic (exact) mass is 210 g/mol. The van der Waals surface area contributed by atoms with Gasteiger partial charge in [0, 0.05) is 5.56 Å². The summed E-state index contributed by atoms with van der Waals surface area (Å²) in [5, 5.41) is 3.69. The first kappa shape index (κ1) is 10.2. The van der Waals surface area contributed by atoms with Crippen LogP contribution in [0, 0.1) is 5.92 Å². The fraction of sp³-hybridized carbons (Fsp3) is 0.600. The lowest BCUT2D eigenvalue weighted by Gasteiger charge is -2.34. The van der Waals surface area contributed by atoms with Crippen LogP contribution in [0.25, 0.3) is 0 Å². The molecule has 1 aromatic heterocycles. The quantitative estimate of drug-likeness (QED) is 0.686. The van der Waals surface area contributed by atoms with Gasteiger partial charge in [0.15, 0.2) is 11.3 Å². The first-order chi connectivity index (χ1) is 7.10. The Bertz CT molecular complexity index is 388. The number of aromatic nitrogens is 1. The highest BCUT2D eigenvalue weighted by Gasteiger charge is 2.49. The Morgan fingerprint density at radius 3 is 3.20 bits per heavy atom. The number of ether oxygens (including phenoxy) is 1. The summed E-state index contributed by atoms with van der Waals surface area (Å²) in [7, 11) is 1.33. The zero-order valence-electron chi connectivity index (χ0n) is 8.82. The summed E-state index contributed by atoms with van der Waals surface area (Å²) < 4.78 is 9.83. The molecule has 1 heterocycles. The number of carbonyl (C=O) groups is 1. The van der Waals surface area contributed by atoms with Gasteiger partial charge in [-0.1, -0.05) is 12.1 Å². The van der Waals surface area contributed by atoms with E-state index in [2.05, 4.69) is 5.16 Å². The van der Waals surface area contributed by atoms with Crippen LogP contribution in [0.15, 0.2) is 10.7 Å². The third-order valence-corrected chi connectivity index (χ3v) is 3.17. The van der Waals surface area contributed by atoms with Gasteiger partial charge >= 0.3 is 5.97 Å². The second-order valence-electron chi connectivity index (χ2n) is 3.98. The normalized spacial score (nSPS) is 29.7. The van der Waals surface area contributed by atoms with Crippen LogP contribution in [0.1, 0.15) is 24.7 Å². The number of nitrogens with zero attached hydrogens (tertiary/aromatic N) is 1. The van der Waals surface area contributed by atoms with E-state index in [9.17, 15) is 4.79 Å². The molecule has 0 aromatic carbocycles. The van der Waals surface area contributed by atoms with Crippen molar-refractivity contribution in [3.63, 3.8) is 0 Å². The molecule has 2 unspecified atom stereocenters. The number of aryl methyl sites for hydroxylation is 1. The lowest BCUT2D eigenvalue weighted by Crippen LogP contribution is -2.53. The molecule has 0 fully saturated rings. The highest BCUT2D eigenvalue weighted by molar-refractivity contribution is 5.82. The Hall–Kier alpha value is -1.36. The van der Waals surface area contributed by atoms with Crippen LogP contribution in [-0.2, 0) is 21.5 Å². The molecule has 2 rings (SSSR count). The average Bonchev–Trinajstić information content (AvgIpc) is 2.71. The number of methoxy groups -OCH3 is 1. The van der Waals surface area contributed by atoms with E-state index >= 15 is 0 Å². The van der Waals surface area contributed by atoms with E-state index in [0.717, 1.165) is 18.4 Å². The van der Waals surface area contributed by atoms with E-state index < -0.39 is 11.5 Å². The molecule has 15 heavy (non-hydrogen) atoms. The molecule has 0 saturated carbocycles. The van der Waals surface area contributed by atoms with Gasteiger partial charge in [-0.3, -0.25) is 0 Å². The topological polar surface area (TPSA) is 78.4 Å². The van der Waals surface area contributed by atoms with E-state index in [4.69, 9.17) is 15.0 Å². The Labute approximate surface area is 87.6 Å². The van der Waals surface area contributed by atoms with Crippen LogP contribution in [-0.4, -0.2) is 18.2 Å². The Morgan fingerprint density at radius 2 is 2.53 bits per heavy atom. The smallest absolute Gasteiger partial charge is 0.334 e. The van der Waals surface area contributed by atoms with E-state index in [0.29, 0.717) is 5.76 Å². The number of rotatable bonds is 1. The number of fused-ring (bicyclic) bond motifs is 1. The average molecular weight is 210 g/mol. The van der Waals surface area contributed by atoms with E-state index in [1.165, 1.54) is 7.11 Å². The van der Waals surface area contributed by atoms with Gasteiger partial charge in [-0.05, 0) is 18.8 Å². The largest absolute Gasteiger partial charge is 0.467 e. The van der Waals surface area contributed by atoms with Crippen molar-refractivity contribution in [3.05, 3.63) is 17.5 Å². The number of nitrogens with two attached hydrogens (primary N) is 1. The summed E-state index contributed by atoms with van der Waals surface area (Å²) in [5.74, 6) is -0.0220. The SMILES string of the molecule is COC(=O)C1(N)c2oncc2CCC1C. The van der Waals surface area contributed by atoms with E-state index in [-0.39, 0.29) is 5.92 Å². The molecule has 0 bridgehead atoms. The Kier molecular flexibility index (Phi) is 2.26. The summed E-state index contributed by atoms with van der Waals surface area (Å²) in [5.41, 5.74) is 5.83. The summed E-state index contributed by atoms with van der Waals surface area (Å²) in [6.07, 6.45) is 3.29. The third kappa shape index (κ3) is 1.26. The minimum Gasteiger partial charge on any atom is -0.467 e. The van der Waals surface area contributed by atoms with Crippen LogP contribution >= 0.6 is 0 Å². The van der Waals surface area contributed by atoms with Gasteiger partial charge in [-0.15, -0.1) is 0 Å². The molecule has 0 saturated heterocycles. The maximum atomic E-state index is 11.7. The van der Waals surface area contributed by atoms with Crippen molar-refractivity contribution >= 4 is 5.97 Å². The van der Waals surface area contributed by atoms with Crippen molar-refractivity contribution in [1.29, 1.82) is 0 Å². The van der Waals surface area contributed by atoms with Gasteiger partial charge in [0.25, 0.3) is 0 Å². The second kappa shape index (κ2) is 3.34. The minimum atomic E-state index is -1.18. The first-order valence-corrected chi connectivity index (χ1v) is 4.92. The molecule has 1 aliphatic carbocycles. The Balaban J connectivity index is 2.51. The van der Waals surface area contributed by atoms with Crippen molar-refractivity contribution in [1.82, 2.24) is 5.16 Å². The molecule has 1 aromatic rings. The molecule has 1 aliphatic rings. The van der Waals surface area contributed by atoms with Crippen molar-refractivity contribution in [2.75, 3.05) is 7.11 Å². The second-order valence-corrected chi connectivity index (χ2v) is 3.98. The van der Waals surface area contributed by atoms with Gasteiger partial charge in [0.05, 0.1) is 13.3 Å². The van der Waals surface area contributed by atoms with Crippen LogP contribution in [0.4, 0.5) is 0 Å². The lowest BCUT2D eigenvalue weighted by molar-refractivity contribution is -0.151. The molecule has 2 atom stereocenters. The molecule has 0 aliphatic heterocycles. The number of carbonyl (C=O) groups excluding carboxylic acids is 1. The zero-order chi connectivity index (χ0) is 11.1. The third-order valence-electron chi connectivity index (χ3n) is 3.17. The van der Waals surface area contributed by atoms with Gasteiger partial charge in [0.1, 0.15) is 0 Å². The number of hydrogen-bond donors (Lipinski definition) is 1.